The molecule has 1 atom stereocenters. The lowest BCUT2D eigenvalue weighted by Gasteiger charge is -2.32. The van der Waals surface area contributed by atoms with Gasteiger partial charge in [-0.2, -0.15) is 0 Å². The van der Waals surface area contributed by atoms with Crippen LogP contribution < -0.4 is 10.6 Å². The Kier molecular flexibility index (Phi) is 6.63. The predicted molar refractivity (Wildman–Crippen MR) is 109 cm³/mol. The van der Waals surface area contributed by atoms with Crippen LogP contribution in [0.4, 0.5) is 4.79 Å². The van der Waals surface area contributed by atoms with Crippen molar-refractivity contribution in [2.75, 3.05) is 13.1 Å². The van der Waals surface area contributed by atoms with Crippen molar-refractivity contribution >= 4 is 11.9 Å². The summed E-state index contributed by atoms with van der Waals surface area (Å²) >= 11 is 0. The summed E-state index contributed by atoms with van der Waals surface area (Å²) in [5.41, 5.74) is 1.82. The minimum Gasteiger partial charge on any atom is -0.343 e. The Hall–Kier alpha value is -2.89. The maximum Gasteiger partial charge on any atom is 0.317 e. The van der Waals surface area contributed by atoms with Crippen LogP contribution in [0.3, 0.4) is 0 Å². The summed E-state index contributed by atoms with van der Waals surface area (Å²) in [5, 5.41) is 6.08. The highest BCUT2D eigenvalue weighted by molar-refractivity contribution is 5.80. The standard InChI is InChI=1S/C22H28N4O2/c1-16(2)24-22(28)26-14-11-18(12-15-26)21(27)25-20(17-8-4-3-5-9-17)19-10-6-7-13-23-19/h3-10,13,16,18,20H,11-12,14-15H2,1-2H3,(H,24,28)(H,25,27)/t20-/m0/s1. The number of aromatic nitrogens is 1. The summed E-state index contributed by atoms with van der Waals surface area (Å²) in [5.74, 6) is -0.0820. The molecular weight excluding hydrogens is 352 g/mol. The molecule has 1 aliphatic rings. The lowest BCUT2D eigenvalue weighted by Crippen LogP contribution is -2.48. The average Bonchev–Trinajstić information content (AvgIpc) is 2.72. The van der Waals surface area contributed by atoms with E-state index in [0.717, 1.165) is 11.3 Å². The van der Waals surface area contributed by atoms with Crippen LogP contribution >= 0.6 is 0 Å². The van der Waals surface area contributed by atoms with Crippen LogP contribution in [-0.4, -0.2) is 41.0 Å². The molecular formula is C22H28N4O2. The molecule has 0 aliphatic carbocycles. The quantitative estimate of drug-likeness (QED) is 0.837. The SMILES string of the molecule is CC(C)NC(=O)N1CCC(C(=O)N[C@@H](c2ccccc2)c2ccccn2)CC1. The van der Waals surface area contributed by atoms with Gasteiger partial charge in [0.1, 0.15) is 0 Å². The summed E-state index contributed by atoms with van der Waals surface area (Å²) in [4.78, 5) is 31.3. The molecule has 1 aromatic carbocycles. The van der Waals surface area contributed by atoms with Gasteiger partial charge in [0.15, 0.2) is 0 Å². The van der Waals surface area contributed by atoms with E-state index >= 15 is 0 Å². The first-order valence-electron chi connectivity index (χ1n) is 9.86. The minimum absolute atomic E-state index is 0.0171. The molecule has 0 unspecified atom stereocenters. The predicted octanol–water partition coefficient (Wildman–Crippen LogP) is 3.12. The number of hydrogen-bond donors (Lipinski definition) is 2. The summed E-state index contributed by atoms with van der Waals surface area (Å²) in [7, 11) is 0. The lowest BCUT2D eigenvalue weighted by atomic mass is 9.94. The molecule has 1 fully saturated rings. The highest BCUT2D eigenvalue weighted by atomic mass is 16.2. The topological polar surface area (TPSA) is 74.3 Å². The Bertz CT molecular complexity index is 732. The number of carbonyl (C=O) groups is 2. The number of benzene rings is 1. The van der Waals surface area contributed by atoms with E-state index in [0.29, 0.717) is 25.9 Å². The number of pyridine rings is 1. The second kappa shape index (κ2) is 9.35. The zero-order chi connectivity index (χ0) is 19.9. The van der Waals surface area contributed by atoms with Gasteiger partial charge in [0.25, 0.3) is 0 Å². The fourth-order valence-corrected chi connectivity index (χ4v) is 3.46. The summed E-state index contributed by atoms with van der Waals surface area (Å²) < 4.78 is 0. The van der Waals surface area contributed by atoms with Crippen LogP contribution in [0.25, 0.3) is 0 Å². The van der Waals surface area contributed by atoms with Crippen LogP contribution in [-0.2, 0) is 4.79 Å². The van der Waals surface area contributed by atoms with Crippen molar-refractivity contribution in [2.45, 2.75) is 38.8 Å². The number of urea groups is 1. The molecule has 2 N–H and O–H groups in total. The van der Waals surface area contributed by atoms with E-state index < -0.39 is 0 Å². The molecule has 148 valence electrons. The minimum atomic E-state index is -0.280. The third-order valence-electron chi connectivity index (χ3n) is 4.97. The molecule has 1 aliphatic heterocycles. The van der Waals surface area contributed by atoms with Crippen LogP contribution in [0.1, 0.15) is 44.0 Å². The molecule has 28 heavy (non-hydrogen) atoms. The molecule has 0 bridgehead atoms. The summed E-state index contributed by atoms with van der Waals surface area (Å²) in [6.07, 6.45) is 3.07. The Morgan fingerprint density at radius 1 is 1.00 bits per heavy atom. The fourth-order valence-electron chi connectivity index (χ4n) is 3.46. The number of carbonyl (C=O) groups excluding carboxylic acids is 2. The van der Waals surface area contributed by atoms with Crippen molar-refractivity contribution < 1.29 is 9.59 Å². The van der Waals surface area contributed by atoms with Crippen molar-refractivity contribution in [1.82, 2.24) is 20.5 Å². The van der Waals surface area contributed by atoms with Gasteiger partial charge in [-0.3, -0.25) is 9.78 Å². The number of rotatable bonds is 5. The first-order valence-corrected chi connectivity index (χ1v) is 9.86. The van der Waals surface area contributed by atoms with Gasteiger partial charge in [-0.15, -0.1) is 0 Å². The molecule has 2 heterocycles. The molecule has 6 nitrogen and oxygen atoms in total. The molecule has 1 aromatic heterocycles. The van der Waals surface area contributed by atoms with Crippen LogP contribution in [0.2, 0.25) is 0 Å². The molecule has 3 amide bonds. The normalized spacial score (nSPS) is 15.9. The zero-order valence-corrected chi connectivity index (χ0v) is 16.5. The first-order chi connectivity index (χ1) is 13.5. The van der Waals surface area contributed by atoms with E-state index in [1.807, 2.05) is 62.4 Å². The van der Waals surface area contributed by atoms with E-state index in [9.17, 15) is 9.59 Å². The number of amides is 3. The first kappa shape index (κ1) is 19.9. The van der Waals surface area contributed by atoms with Crippen molar-refractivity contribution in [3.63, 3.8) is 0 Å². The van der Waals surface area contributed by atoms with Gasteiger partial charge in [-0.1, -0.05) is 36.4 Å². The molecule has 2 aromatic rings. The van der Waals surface area contributed by atoms with E-state index in [-0.39, 0.29) is 29.9 Å². The van der Waals surface area contributed by atoms with Gasteiger partial charge in [-0.05, 0) is 44.4 Å². The van der Waals surface area contributed by atoms with Gasteiger partial charge in [0.2, 0.25) is 5.91 Å². The second-order valence-corrected chi connectivity index (χ2v) is 7.47. The zero-order valence-electron chi connectivity index (χ0n) is 16.5. The Morgan fingerprint density at radius 2 is 1.68 bits per heavy atom. The smallest absolute Gasteiger partial charge is 0.317 e. The van der Waals surface area contributed by atoms with Crippen LogP contribution in [0, 0.1) is 5.92 Å². The lowest BCUT2D eigenvalue weighted by molar-refractivity contribution is -0.126. The second-order valence-electron chi connectivity index (χ2n) is 7.47. The van der Waals surface area contributed by atoms with Crippen molar-refractivity contribution in [2.24, 2.45) is 5.92 Å². The maximum absolute atomic E-state index is 13.0. The molecule has 0 radical (unpaired) electrons. The Morgan fingerprint density at radius 3 is 2.29 bits per heavy atom. The van der Waals surface area contributed by atoms with Gasteiger partial charge in [-0.25, -0.2) is 4.79 Å². The van der Waals surface area contributed by atoms with Crippen molar-refractivity contribution in [3.05, 3.63) is 66.0 Å². The van der Waals surface area contributed by atoms with E-state index in [1.54, 1.807) is 11.1 Å². The van der Waals surface area contributed by atoms with Gasteiger partial charge in [0, 0.05) is 31.2 Å². The van der Waals surface area contributed by atoms with E-state index in [4.69, 9.17) is 0 Å². The van der Waals surface area contributed by atoms with Crippen LogP contribution in [0.15, 0.2) is 54.7 Å². The van der Waals surface area contributed by atoms with Crippen molar-refractivity contribution in [3.8, 4) is 0 Å². The number of likely N-dealkylation sites (tertiary alicyclic amines) is 1. The highest BCUT2D eigenvalue weighted by Crippen LogP contribution is 2.23. The van der Waals surface area contributed by atoms with E-state index in [2.05, 4.69) is 15.6 Å². The largest absolute Gasteiger partial charge is 0.343 e. The van der Waals surface area contributed by atoms with Gasteiger partial charge in [0.05, 0.1) is 11.7 Å². The fraction of sp³-hybridized carbons (Fsp3) is 0.409. The molecule has 0 spiro atoms. The number of hydrogen-bond acceptors (Lipinski definition) is 3. The average molecular weight is 380 g/mol. The van der Waals surface area contributed by atoms with E-state index in [1.165, 1.54) is 0 Å². The maximum atomic E-state index is 13.0. The third-order valence-corrected chi connectivity index (χ3v) is 4.97. The third kappa shape index (κ3) is 5.09. The van der Waals surface area contributed by atoms with Gasteiger partial charge >= 0.3 is 6.03 Å². The number of nitrogens with zero attached hydrogens (tertiary/aromatic N) is 2. The molecule has 3 rings (SSSR count). The number of nitrogens with one attached hydrogen (secondary N) is 2. The monoisotopic (exact) mass is 380 g/mol. The van der Waals surface area contributed by atoms with Crippen LogP contribution in [0.5, 0.6) is 0 Å². The molecule has 0 saturated carbocycles. The Labute approximate surface area is 166 Å². The molecule has 1 saturated heterocycles. The highest BCUT2D eigenvalue weighted by Gasteiger charge is 2.29. The number of piperidine rings is 1. The van der Waals surface area contributed by atoms with Gasteiger partial charge < -0.3 is 15.5 Å². The summed E-state index contributed by atoms with van der Waals surface area (Å²) in [6.45, 7) is 5.07. The molecule has 6 heteroatoms. The van der Waals surface area contributed by atoms with Crippen molar-refractivity contribution in [1.29, 1.82) is 0 Å². The Balaban J connectivity index is 1.64. The summed E-state index contributed by atoms with van der Waals surface area (Å²) in [6, 6.07) is 15.4.